The van der Waals surface area contributed by atoms with Crippen molar-refractivity contribution in [3.8, 4) is 11.5 Å². The third-order valence-electron chi connectivity index (χ3n) is 4.78. The molecule has 9 nitrogen and oxygen atoms in total. The van der Waals surface area contributed by atoms with Crippen LogP contribution in [0.4, 0.5) is 5.69 Å². The van der Waals surface area contributed by atoms with Crippen molar-refractivity contribution >= 4 is 28.7 Å². The third-order valence-corrected chi connectivity index (χ3v) is 4.78. The van der Waals surface area contributed by atoms with E-state index in [2.05, 4.69) is 10.5 Å². The SMILES string of the molecule is CCCCOc1c(OC)cc(/C=N/NC(=O)c2cc3ccccc3n2C)cc1[N+](=O)[O-]. The highest BCUT2D eigenvalue weighted by atomic mass is 16.6. The summed E-state index contributed by atoms with van der Waals surface area (Å²) in [4.78, 5) is 23.5. The predicted octanol–water partition coefficient (Wildman–Crippen LogP) is 4.04. The van der Waals surface area contributed by atoms with E-state index < -0.39 is 10.8 Å². The Kier molecular flexibility index (Phi) is 6.86. The van der Waals surface area contributed by atoms with Crippen molar-refractivity contribution in [2.75, 3.05) is 13.7 Å². The topological polar surface area (TPSA) is 108 Å². The van der Waals surface area contributed by atoms with E-state index in [4.69, 9.17) is 9.47 Å². The van der Waals surface area contributed by atoms with Crippen molar-refractivity contribution in [2.24, 2.45) is 12.1 Å². The summed E-state index contributed by atoms with van der Waals surface area (Å²) in [6.45, 7) is 2.35. The number of methoxy groups -OCH3 is 1. The zero-order valence-corrected chi connectivity index (χ0v) is 17.6. The molecule has 0 aliphatic heterocycles. The molecule has 162 valence electrons. The molecule has 1 aromatic heterocycles. The predicted molar refractivity (Wildman–Crippen MR) is 118 cm³/mol. The molecular weight excluding hydrogens is 400 g/mol. The summed E-state index contributed by atoms with van der Waals surface area (Å²) in [5.41, 5.74) is 4.00. The quantitative estimate of drug-likeness (QED) is 0.241. The number of hydrogen-bond acceptors (Lipinski definition) is 6. The number of unbranched alkanes of at least 4 members (excludes halogenated alkanes) is 1. The van der Waals surface area contributed by atoms with Crippen molar-refractivity contribution < 1.29 is 19.2 Å². The fourth-order valence-corrected chi connectivity index (χ4v) is 3.16. The van der Waals surface area contributed by atoms with E-state index in [1.165, 1.54) is 19.4 Å². The highest BCUT2D eigenvalue weighted by molar-refractivity contribution is 5.99. The molecule has 0 aliphatic rings. The monoisotopic (exact) mass is 424 g/mol. The lowest BCUT2D eigenvalue weighted by Crippen LogP contribution is -2.20. The standard InChI is InChI=1S/C22H24N4O5/c1-4-5-10-31-21-18(26(28)29)11-15(12-20(21)30-3)14-23-24-22(27)19-13-16-8-6-7-9-17(16)25(19)2/h6-9,11-14H,4-5,10H2,1-3H3,(H,24,27)/b23-14+. The second-order valence-electron chi connectivity index (χ2n) is 6.88. The number of benzene rings is 2. The first kappa shape index (κ1) is 21.8. The van der Waals surface area contributed by atoms with Gasteiger partial charge in [0.1, 0.15) is 5.69 Å². The number of nitrogens with zero attached hydrogens (tertiary/aromatic N) is 3. The van der Waals surface area contributed by atoms with Crippen LogP contribution in [0.15, 0.2) is 47.6 Å². The van der Waals surface area contributed by atoms with Gasteiger partial charge in [-0.25, -0.2) is 5.43 Å². The zero-order valence-electron chi connectivity index (χ0n) is 17.6. The number of rotatable bonds is 9. The molecule has 0 saturated carbocycles. The second kappa shape index (κ2) is 9.75. The Hall–Kier alpha value is -3.88. The van der Waals surface area contributed by atoms with Gasteiger partial charge in [-0.2, -0.15) is 5.10 Å². The Balaban J connectivity index is 1.80. The maximum absolute atomic E-state index is 12.5. The number of hydrazone groups is 1. The van der Waals surface area contributed by atoms with Gasteiger partial charge in [0.25, 0.3) is 5.91 Å². The van der Waals surface area contributed by atoms with Crippen LogP contribution in [0.5, 0.6) is 11.5 Å². The summed E-state index contributed by atoms with van der Waals surface area (Å²) in [6.07, 6.45) is 2.99. The number of fused-ring (bicyclic) bond motifs is 1. The number of carbonyl (C=O) groups excluding carboxylic acids is 1. The first-order chi connectivity index (χ1) is 15.0. The minimum atomic E-state index is -0.532. The van der Waals surface area contributed by atoms with Gasteiger partial charge in [0.15, 0.2) is 5.75 Å². The number of nitro groups is 1. The van der Waals surface area contributed by atoms with E-state index in [0.29, 0.717) is 17.9 Å². The van der Waals surface area contributed by atoms with Gasteiger partial charge in [-0.05, 0) is 24.6 Å². The molecular formula is C22H24N4O5. The third kappa shape index (κ3) is 4.82. The number of nitro benzene ring substituents is 1. The Morgan fingerprint density at radius 1 is 1.29 bits per heavy atom. The second-order valence-corrected chi connectivity index (χ2v) is 6.88. The number of hydrogen-bond donors (Lipinski definition) is 1. The molecule has 0 radical (unpaired) electrons. The highest BCUT2D eigenvalue weighted by Gasteiger charge is 2.22. The molecule has 0 fully saturated rings. The molecule has 1 heterocycles. The molecule has 31 heavy (non-hydrogen) atoms. The molecule has 2 aromatic carbocycles. The first-order valence-electron chi connectivity index (χ1n) is 9.83. The van der Waals surface area contributed by atoms with Crippen LogP contribution in [0.3, 0.4) is 0 Å². The average molecular weight is 424 g/mol. The maximum Gasteiger partial charge on any atom is 0.315 e. The van der Waals surface area contributed by atoms with Gasteiger partial charge < -0.3 is 14.0 Å². The van der Waals surface area contributed by atoms with Crippen molar-refractivity contribution in [1.29, 1.82) is 0 Å². The minimum absolute atomic E-state index is 0.0811. The van der Waals surface area contributed by atoms with Crippen LogP contribution in [0.1, 0.15) is 35.8 Å². The zero-order chi connectivity index (χ0) is 22.4. The van der Waals surface area contributed by atoms with Crippen LogP contribution in [0.2, 0.25) is 0 Å². The van der Waals surface area contributed by atoms with E-state index >= 15 is 0 Å². The summed E-state index contributed by atoms with van der Waals surface area (Å²) in [7, 11) is 3.21. The van der Waals surface area contributed by atoms with Crippen LogP contribution in [0.25, 0.3) is 10.9 Å². The van der Waals surface area contributed by atoms with Crippen molar-refractivity contribution in [1.82, 2.24) is 9.99 Å². The Morgan fingerprint density at radius 3 is 2.74 bits per heavy atom. The number of aryl methyl sites for hydroxylation is 1. The van der Waals surface area contributed by atoms with Gasteiger partial charge in [0.2, 0.25) is 5.75 Å². The number of amides is 1. The molecule has 0 aliphatic carbocycles. The van der Waals surface area contributed by atoms with Gasteiger partial charge in [-0.3, -0.25) is 14.9 Å². The maximum atomic E-state index is 12.5. The molecule has 0 bridgehead atoms. The molecule has 1 N–H and O–H groups in total. The van der Waals surface area contributed by atoms with Crippen molar-refractivity contribution in [2.45, 2.75) is 19.8 Å². The van der Waals surface area contributed by atoms with Gasteiger partial charge in [-0.15, -0.1) is 0 Å². The van der Waals surface area contributed by atoms with Crippen LogP contribution < -0.4 is 14.9 Å². The molecule has 0 unspecified atom stereocenters. The van der Waals surface area contributed by atoms with Gasteiger partial charge in [0.05, 0.1) is 24.9 Å². The minimum Gasteiger partial charge on any atom is -0.493 e. The summed E-state index contributed by atoms with van der Waals surface area (Å²) in [5.74, 6) is -0.0830. The van der Waals surface area contributed by atoms with Crippen LogP contribution in [-0.2, 0) is 7.05 Å². The Labute approximate surface area is 179 Å². The number of aromatic nitrogens is 1. The smallest absolute Gasteiger partial charge is 0.315 e. The van der Waals surface area contributed by atoms with E-state index in [1.807, 2.05) is 31.2 Å². The summed E-state index contributed by atoms with van der Waals surface area (Å²) in [5, 5.41) is 16.4. The number of ether oxygens (including phenoxy) is 2. The van der Waals surface area contributed by atoms with Crippen LogP contribution in [0, 0.1) is 10.1 Å². The van der Waals surface area contributed by atoms with E-state index in [1.54, 1.807) is 23.7 Å². The number of nitrogens with one attached hydrogen (secondary N) is 1. The molecule has 9 heteroatoms. The van der Waals surface area contributed by atoms with Crippen molar-refractivity contribution in [3.63, 3.8) is 0 Å². The number of carbonyl (C=O) groups is 1. The Morgan fingerprint density at radius 2 is 2.06 bits per heavy atom. The lowest BCUT2D eigenvalue weighted by molar-refractivity contribution is -0.386. The van der Waals surface area contributed by atoms with Crippen LogP contribution >= 0.6 is 0 Å². The van der Waals surface area contributed by atoms with E-state index in [9.17, 15) is 14.9 Å². The van der Waals surface area contributed by atoms with E-state index in [-0.39, 0.29) is 17.2 Å². The normalized spacial score (nSPS) is 11.1. The van der Waals surface area contributed by atoms with Gasteiger partial charge in [-0.1, -0.05) is 31.5 Å². The summed E-state index contributed by atoms with van der Waals surface area (Å²) in [6, 6.07) is 12.3. The summed E-state index contributed by atoms with van der Waals surface area (Å²) < 4.78 is 12.6. The van der Waals surface area contributed by atoms with Crippen LogP contribution in [-0.4, -0.2) is 35.3 Å². The average Bonchev–Trinajstić information content (AvgIpc) is 3.11. The fourth-order valence-electron chi connectivity index (χ4n) is 3.16. The van der Waals surface area contributed by atoms with Gasteiger partial charge in [0, 0.05) is 29.6 Å². The Bertz CT molecular complexity index is 1140. The highest BCUT2D eigenvalue weighted by Crippen LogP contribution is 2.38. The first-order valence-corrected chi connectivity index (χ1v) is 9.83. The molecule has 0 saturated heterocycles. The molecule has 0 atom stereocenters. The van der Waals surface area contributed by atoms with Gasteiger partial charge >= 0.3 is 5.69 Å². The lowest BCUT2D eigenvalue weighted by atomic mass is 10.2. The van der Waals surface area contributed by atoms with E-state index in [0.717, 1.165) is 23.7 Å². The molecule has 0 spiro atoms. The largest absolute Gasteiger partial charge is 0.493 e. The van der Waals surface area contributed by atoms with Crippen molar-refractivity contribution in [3.05, 3.63) is 63.8 Å². The summed E-state index contributed by atoms with van der Waals surface area (Å²) >= 11 is 0. The lowest BCUT2D eigenvalue weighted by Gasteiger charge is -2.11. The number of para-hydroxylation sites is 1. The fraction of sp³-hybridized carbons (Fsp3) is 0.273. The molecule has 1 amide bonds. The molecule has 3 aromatic rings. The molecule has 3 rings (SSSR count).